The molecule has 0 rings (SSSR count). The molecular formula is C55H105NO3. The quantitative estimate of drug-likeness (QED) is 0.0423. The highest BCUT2D eigenvalue weighted by Gasteiger charge is 2.17. The summed E-state index contributed by atoms with van der Waals surface area (Å²) in [5.41, 5.74) is 0. The van der Waals surface area contributed by atoms with Crippen molar-refractivity contribution in [1.29, 1.82) is 0 Å². The average molecular weight is 828 g/mol. The van der Waals surface area contributed by atoms with Gasteiger partial charge in [0, 0.05) is 6.42 Å². The Hall–Kier alpha value is -1.39. The Morgan fingerprint density at radius 2 is 0.661 bits per heavy atom. The van der Waals surface area contributed by atoms with Crippen molar-refractivity contribution in [3.05, 3.63) is 36.5 Å². The highest BCUT2D eigenvalue weighted by molar-refractivity contribution is 5.76. The van der Waals surface area contributed by atoms with E-state index in [9.17, 15) is 15.0 Å². The van der Waals surface area contributed by atoms with E-state index < -0.39 is 12.1 Å². The van der Waals surface area contributed by atoms with Gasteiger partial charge in [0.25, 0.3) is 0 Å². The molecule has 0 saturated carbocycles. The van der Waals surface area contributed by atoms with Crippen molar-refractivity contribution in [2.75, 3.05) is 6.61 Å². The van der Waals surface area contributed by atoms with Crippen molar-refractivity contribution in [3.8, 4) is 0 Å². The number of aliphatic hydroxyl groups is 2. The first-order chi connectivity index (χ1) is 29.2. The molecule has 348 valence electrons. The highest BCUT2D eigenvalue weighted by Crippen LogP contribution is 2.17. The van der Waals surface area contributed by atoms with Crippen molar-refractivity contribution >= 4 is 5.91 Å². The Labute approximate surface area is 370 Å². The Bertz CT molecular complexity index is 897. The molecule has 2 atom stereocenters. The summed E-state index contributed by atoms with van der Waals surface area (Å²) in [6, 6.07) is -0.643. The molecule has 0 saturated heterocycles. The molecule has 59 heavy (non-hydrogen) atoms. The first-order valence-corrected chi connectivity index (χ1v) is 26.7. The van der Waals surface area contributed by atoms with Crippen molar-refractivity contribution in [3.63, 3.8) is 0 Å². The van der Waals surface area contributed by atoms with Crippen LogP contribution < -0.4 is 5.32 Å². The minimum atomic E-state index is -0.868. The van der Waals surface area contributed by atoms with Gasteiger partial charge < -0.3 is 15.5 Å². The Kier molecular flexibility index (Phi) is 49.8. The first kappa shape index (κ1) is 57.6. The molecule has 2 unspecified atom stereocenters. The fourth-order valence-electron chi connectivity index (χ4n) is 8.27. The third-order valence-electron chi connectivity index (χ3n) is 12.4. The summed E-state index contributed by atoms with van der Waals surface area (Å²) in [5, 5.41) is 23.1. The van der Waals surface area contributed by atoms with Crippen molar-refractivity contribution < 1.29 is 15.0 Å². The zero-order valence-electron chi connectivity index (χ0n) is 40.0. The van der Waals surface area contributed by atoms with Gasteiger partial charge in [0.05, 0.1) is 18.8 Å². The van der Waals surface area contributed by atoms with Gasteiger partial charge in [-0.15, -0.1) is 0 Å². The number of carbonyl (C=O) groups excluding carboxylic acids is 1. The summed E-state index contributed by atoms with van der Waals surface area (Å²) in [5.74, 6) is -0.0733. The van der Waals surface area contributed by atoms with Gasteiger partial charge in [-0.25, -0.2) is 0 Å². The van der Waals surface area contributed by atoms with Crippen LogP contribution in [0.25, 0.3) is 0 Å². The molecule has 1 amide bonds. The molecule has 0 bridgehead atoms. The van der Waals surface area contributed by atoms with Crippen LogP contribution in [-0.2, 0) is 4.79 Å². The molecule has 4 heteroatoms. The van der Waals surface area contributed by atoms with Gasteiger partial charge in [0.2, 0.25) is 5.91 Å². The maximum absolute atomic E-state index is 12.4. The topological polar surface area (TPSA) is 69.6 Å². The molecule has 0 aromatic carbocycles. The molecule has 0 aliphatic rings. The molecule has 0 fully saturated rings. The lowest BCUT2D eigenvalue weighted by molar-refractivity contribution is -0.123. The van der Waals surface area contributed by atoms with Gasteiger partial charge in [-0.1, -0.05) is 275 Å². The molecular weight excluding hydrogens is 723 g/mol. The maximum atomic E-state index is 12.4. The number of hydrogen-bond acceptors (Lipinski definition) is 3. The second kappa shape index (κ2) is 51.0. The molecule has 0 heterocycles. The van der Waals surface area contributed by atoms with Crippen LogP contribution in [0.3, 0.4) is 0 Å². The van der Waals surface area contributed by atoms with Gasteiger partial charge in [-0.05, 0) is 44.9 Å². The van der Waals surface area contributed by atoms with Crippen LogP contribution in [0.4, 0.5) is 0 Å². The summed E-state index contributed by atoms with van der Waals surface area (Å²) >= 11 is 0. The summed E-state index contributed by atoms with van der Waals surface area (Å²) in [6.45, 7) is 4.31. The number of rotatable bonds is 49. The van der Waals surface area contributed by atoms with Crippen molar-refractivity contribution in [1.82, 2.24) is 5.32 Å². The number of allylic oxidation sites excluding steroid dienone is 5. The molecule has 0 spiro atoms. The minimum Gasteiger partial charge on any atom is -0.394 e. The third-order valence-corrected chi connectivity index (χ3v) is 12.4. The van der Waals surface area contributed by atoms with Crippen molar-refractivity contribution in [2.45, 2.75) is 302 Å². The lowest BCUT2D eigenvalue weighted by Gasteiger charge is -2.19. The van der Waals surface area contributed by atoms with Gasteiger partial charge >= 0.3 is 0 Å². The van der Waals surface area contributed by atoms with Crippen LogP contribution in [0.15, 0.2) is 36.5 Å². The number of unbranched alkanes of at least 4 members (excludes halogenated alkanes) is 38. The van der Waals surface area contributed by atoms with E-state index in [1.54, 1.807) is 6.08 Å². The fraction of sp³-hybridized carbons (Fsp3) is 0.873. The summed E-state index contributed by atoms with van der Waals surface area (Å²) < 4.78 is 0. The van der Waals surface area contributed by atoms with Gasteiger partial charge in [-0.3, -0.25) is 4.79 Å². The third kappa shape index (κ3) is 47.5. The van der Waals surface area contributed by atoms with E-state index in [-0.39, 0.29) is 12.5 Å². The largest absolute Gasteiger partial charge is 0.394 e. The van der Waals surface area contributed by atoms with Crippen LogP contribution in [0, 0.1) is 0 Å². The summed E-state index contributed by atoms with van der Waals surface area (Å²) in [7, 11) is 0. The molecule has 0 radical (unpaired) electrons. The van der Waals surface area contributed by atoms with E-state index in [1.165, 1.54) is 231 Å². The highest BCUT2D eigenvalue weighted by atomic mass is 16.3. The fourth-order valence-corrected chi connectivity index (χ4v) is 8.27. The smallest absolute Gasteiger partial charge is 0.220 e. The van der Waals surface area contributed by atoms with Gasteiger partial charge in [0.15, 0.2) is 0 Å². The lowest BCUT2D eigenvalue weighted by Crippen LogP contribution is -2.45. The monoisotopic (exact) mass is 828 g/mol. The normalized spacial score (nSPS) is 13.1. The number of carbonyl (C=O) groups is 1. The molecule has 0 aromatic heterocycles. The number of hydrogen-bond donors (Lipinski definition) is 3. The molecule has 0 aliphatic carbocycles. The molecule has 4 nitrogen and oxygen atoms in total. The van der Waals surface area contributed by atoms with E-state index in [0.717, 1.165) is 38.5 Å². The standard InChI is InChI=1S/C55H105NO3/c1-3-5-7-9-11-13-15-17-19-21-22-23-24-25-26-27-28-29-30-31-32-33-34-35-37-39-41-43-45-47-49-51-55(59)56-53(52-57)54(58)50-48-46-44-42-40-38-36-20-18-16-14-12-10-8-6-4-2/h18,20,40,42,48,50,53-54,57-58H,3-17,19,21-39,41,43-47,49,51-52H2,1-2H3,(H,56,59)/b20-18+,42-40+,50-48+. The van der Waals surface area contributed by atoms with Crippen LogP contribution in [0.5, 0.6) is 0 Å². The van der Waals surface area contributed by atoms with Crippen molar-refractivity contribution in [2.24, 2.45) is 0 Å². The zero-order chi connectivity index (χ0) is 42.8. The second-order valence-corrected chi connectivity index (χ2v) is 18.3. The maximum Gasteiger partial charge on any atom is 0.220 e. The van der Waals surface area contributed by atoms with E-state index in [2.05, 4.69) is 43.5 Å². The van der Waals surface area contributed by atoms with E-state index >= 15 is 0 Å². The Morgan fingerprint density at radius 3 is 0.983 bits per heavy atom. The SMILES string of the molecule is CCCCCCCC/C=C/CC/C=C/CC/C=C/C(O)C(CO)NC(=O)CCCCCCCCCCCCCCCCCCCCCCCCCCCCCCCCC. The van der Waals surface area contributed by atoms with Crippen LogP contribution >= 0.6 is 0 Å². The molecule has 0 aliphatic heterocycles. The van der Waals surface area contributed by atoms with Gasteiger partial charge in [0.1, 0.15) is 0 Å². The zero-order valence-corrected chi connectivity index (χ0v) is 40.0. The lowest BCUT2D eigenvalue weighted by atomic mass is 10.0. The molecule has 3 N–H and O–H groups in total. The van der Waals surface area contributed by atoms with E-state index in [4.69, 9.17) is 0 Å². The Morgan fingerprint density at radius 1 is 0.390 bits per heavy atom. The Balaban J connectivity index is 3.46. The number of aliphatic hydroxyl groups excluding tert-OH is 2. The first-order valence-electron chi connectivity index (χ1n) is 26.7. The summed E-state index contributed by atoms with van der Waals surface area (Å²) in [6.07, 6.45) is 68.8. The van der Waals surface area contributed by atoms with Crippen LogP contribution in [0.1, 0.15) is 290 Å². The van der Waals surface area contributed by atoms with Crippen LogP contribution in [0.2, 0.25) is 0 Å². The van der Waals surface area contributed by atoms with Gasteiger partial charge in [-0.2, -0.15) is 0 Å². The predicted octanol–water partition coefficient (Wildman–Crippen LogP) is 17.3. The predicted molar refractivity (Wildman–Crippen MR) is 262 cm³/mol. The number of amides is 1. The summed E-state index contributed by atoms with van der Waals surface area (Å²) in [4.78, 5) is 12.4. The average Bonchev–Trinajstić information content (AvgIpc) is 3.24. The van der Waals surface area contributed by atoms with E-state index in [1.807, 2.05) is 6.08 Å². The van der Waals surface area contributed by atoms with E-state index in [0.29, 0.717) is 6.42 Å². The van der Waals surface area contributed by atoms with Crippen LogP contribution in [-0.4, -0.2) is 34.9 Å². The number of nitrogens with one attached hydrogen (secondary N) is 1. The molecule has 0 aromatic rings. The second-order valence-electron chi connectivity index (χ2n) is 18.3. The minimum absolute atomic E-state index is 0.0733.